The number of carbonyl (C=O) groups is 1. The van der Waals surface area contributed by atoms with Gasteiger partial charge in [-0.15, -0.1) is 0 Å². The van der Waals surface area contributed by atoms with Crippen LogP contribution in [0, 0.1) is 0 Å². The molecule has 2 N–H and O–H groups in total. The average molecular weight is 392 g/mol. The highest BCUT2D eigenvalue weighted by Crippen LogP contribution is 2.20. The molecule has 0 bridgehead atoms. The predicted octanol–water partition coefficient (Wildman–Crippen LogP) is 2.77. The summed E-state index contributed by atoms with van der Waals surface area (Å²) in [5.41, 5.74) is 0.497. The molecule has 0 saturated heterocycles. The largest absolute Gasteiger partial charge is 0.351 e. The van der Waals surface area contributed by atoms with Gasteiger partial charge in [0.15, 0.2) is 10.8 Å². The minimum Gasteiger partial charge on any atom is -0.351 e. The molecule has 1 aromatic carbocycles. The van der Waals surface area contributed by atoms with Gasteiger partial charge in [0.2, 0.25) is 5.91 Å². The standard InChI is InChI=1S/C17H18ClN5O2S/c1-17(2,3)22-13(24)9-26-16-20-14-12(15(25)21-16)8-19-23(14)11-6-4-5-10(18)7-11/h4-8H,9H2,1-3H3,(H,22,24)(H,20,21,25). The van der Waals surface area contributed by atoms with Crippen LogP contribution in [0.15, 0.2) is 40.4 Å². The van der Waals surface area contributed by atoms with E-state index in [9.17, 15) is 9.59 Å². The Morgan fingerprint density at radius 3 is 2.85 bits per heavy atom. The summed E-state index contributed by atoms with van der Waals surface area (Å²) >= 11 is 7.20. The Morgan fingerprint density at radius 2 is 2.15 bits per heavy atom. The molecule has 0 aliphatic carbocycles. The molecule has 0 aliphatic rings. The number of aromatic nitrogens is 4. The lowest BCUT2D eigenvalue weighted by Crippen LogP contribution is -2.41. The second kappa shape index (κ2) is 7.13. The lowest BCUT2D eigenvalue weighted by molar-refractivity contribution is -0.119. The van der Waals surface area contributed by atoms with Crippen molar-refractivity contribution in [1.82, 2.24) is 25.1 Å². The molecule has 9 heteroatoms. The number of nitrogens with zero attached hydrogens (tertiary/aromatic N) is 3. The number of carbonyl (C=O) groups excluding carboxylic acids is 1. The van der Waals surface area contributed by atoms with E-state index in [2.05, 4.69) is 20.4 Å². The minimum atomic E-state index is -0.312. The van der Waals surface area contributed by atoms with Gasteiger partial charge in [-0.1, -0.05) is 29.4 Å². The topological polar surface area (TPSA) is 92.7 Å². The molecule has 0 atom stereocenters. The maximum Gasteiger partial charge on any atom is 0.262 e. The van der Waals surface area contributed by atoms with Crippen molar-refractivity contribution in [1.29, 1.82) is 0 Å². The number of nitrogens with one attached hydrogen (secondary N) is 2. The van der Waals surface area contributed by atoms with Crippen LogP contribution in [0.2, 0.25) is 5.02 Å². The third-order valence-corrected chi connectivity index (χ3v) is 4.43. The maximum absolute atomic E-state index is 12.3. The third kappa shape index (κ3) is 4.25. The van der Waals surface area contributed by atoms with Gasteiger partial charge in [-0.2, -0.15) is 5.10 Å². The Hall–Kier alpha value is -2.32. The van der Waals surface area contributed by atoms with E-state index in [1.54, 1.807) is 22.9 Å². The molecule has 26 heavy (non-hydrogen) atoms. The molecule has 3 rings (SSSR count). The molecule has 7 nitrogen and oxygen atoms in total. The van der Waals surface area contributed by atoms with Crippen molar-refractivity contribution in [2.75, 3.05) is 5.75 Å². The molecule has 0 radical (unpaired) electrons. The molecule has 0 saturated carbocycles. The van der Waals surface area contributed by atoms with Crippen LogP contribution in [0.4, 0.5) is 0 Å². The van der Waals surface area contributed by atoms with Crippen LogP contribution in [0.3, 0.4) is 0 Å². The SMILES string of the molecule is CC(C)(C)NC(=O)CSc1nc2c(cnn2-c2cccc(Cl)c2)c(=O)[nH]1. The van der Waals surface area contributed by atoms with E-state index in [-0.39, 0.29) is 22.8 Å². The first-order valence-electron chi connectivity index (χ1n) is 7.91. The summed E-state index contributed by atoms with van der Waals surface area (Å²) in [6.07, 6.45) is 1.46. The van der Waals surface area contributed by atoms with E-state index in [1.165, 1.54) is 6.20 Å². The Balaban J connectivity index is 1.90. The number of hydrogen-bond donors (Lipinski definition) is 2. The summed E-state index contributed by atoms with van der Waals surface area (Å²) in [4.78, 5) is 31.4. The number of fused-ring (bicyclic) bond motifs is 1. The first kappa shape index (κ1) is 18.5. The van der Waals surface area contributed by atoms with E-state index >= 15 is 0 Å². The minimum absolute atomic E-state index is 0.131. The first-order valence-corrected chi connectivity index (χ1v) is 9.27. The number of aromatic amines is 1. The zero-order valence-electron chi connectivity index (χ0n) is 14.5. The summed E-state index contributed by atoms with van der Waals surface area (Å²) in [5, 5.41) is 8.39. The van der Waals surface area contributed by atoms with Crippen LogP contribution in [0.5, 0.6) is 0 Å². The average Bonchev–Trinajstić information content (AvgIpc) is 2.96. The van der Waals surface area contributed by atoms with Gasteiger partial charge >= 0.3 is 0 Å². The smallest absolute Gasteiger partial charge is 0.262 e. The third-order valence-electron chi connectivity index (χ3n) is 3.32. The van der Waals surface area contributed by atoms with Gasteiger partial charge in [-0.05, 0) is 39.0 Å². The van der Waals surface area contributed by atoms with Crippen LogP contribution >= 0.6 is 23.4 Å². The number of amides is 1. The van der Waals surface area contributed by atoms with E-state index in [1.807, 2.05) is 26.8 Å². The molecule has 2 heterocycles. The lowest BCUT2D eigenvalue weighted by Gasteiger charge is -2.20. The van der Waals surface area contributed by atoms with Gasteiger partial charge in [0.05, 0.1) is 17.6 Å². The molecule has 0 aliphatic heterocycles. The maximum atomic E-state index is 12.3. The van der Waals surface area contributed by atoms with Crippen molar-refractivity contribution in [3.63, 3.8) is 0 Å². The van der Waals surface area contributed by atoms with Crippen LogP contribution in [0.25, 0.3) is 16.7 Å². The summed E-state index contributed by atoms with van der Waals surface area (Å²) in [6, 6.07) is 7.11. The van der Waals surface area contributed by atoms with Crippen molar-refractivity contribution in [2.45, 2.75) is 31.5 Å². The van der Waals surface area contributed by atoms with Crippen LogP contribution < -0.4 is 10.9 Å². The number of hydrogen-bond acceptors (Lipinski definition) is 5. The van der Waals surface area contributed by atoms with Crippen LogP contribution in [-0.4, -0.2) is 36.9 Å². The summed E-state index contributed by atoms with van der Waals surface area (Å²) in [6.45, 7) is 5.72. The highest BCUT2D eigenvalue weighted by molar-refractivity contribution is 7.99. The second-order valence-electron chi connectivity index (χ2n) is 6.73. The van der Waals surface area contributed by atoms with Crippen molar-refractivity contribution >= 4 is 40.3 Å². The van der Waals surface area contributed by atoms with Gasteiger partial charge in [0.25, 0.3) is 5.56 Å². The Kier molecular flexibility index (Phi) is 5.06. The lowest BCUT2D eigenvalue weighted by atomic mass is 10.1. The summed E-state index contributed by atoms with van der Waals surface area (Å²) in [7, 11) is 0. The Morgan fingerprint density at radius 1 is 1.38 bits per heavy atom. The van der Waals surface area contributed by atoms with E-state index in [0.717, 1.165) is 11.8 Å². The summed E-state index contributed by atoms with van der Waals surface area (Å²) in [5.74, 6) is 0.0189. The highest BCUT2D eigenvalue weighted by Gasteiger charge is 2.16. The normalized spacial score (nSPS) is 11.7. The Bertz CT molecular complexity index is 1020. The van der Waals surface area contributed by atoms with Gasteiger partial charge < -0.3 is 10.3 Å². The number of rotatable bonds is 4. The molecule has 0 spiro atoms. The van der Waals surface area contributed by atoms with Crippen molar-refractivity contribution in [3.8, 4) is 5.69 Å². The van der Waals surface area contributed by atoms with Gasteiger partial charge in [0, 0.05) is 10.6 Å². The fraction of sp³-hybridized carbons (Fsp3) is 0.294. The Labute approximate surface area is 159 Å². The number of thioether (sulfide) groups is 1. The van der Waals surface area contributed by atoms with Crippen LogP contribution in [0.1, 0.15) is 20.8 Å². The molecular formula is C17H18ClN5O2S. The molecule has 0 fully saturated rings. The first-order chi connectivity index (χ1) is 12.2. The van der Waals surface area contributed by atoms with Crippen molar-refractivity contribution < 1.29 is 4.79 Å². The number of H-pyrrole nitrogens is 1. The predicted molar refractivity (Wildman–Crippen MR) is 103 cm³/mol. The second-order valence-corrected chi connectivity index (χ2v) is 8.13. The fourth-order valence-electron chi connectivity index (χ4n) is 2.35. The van der Waals surface area contributed by atoms with Gasteiger partial charge in [-0.25, -0.2) is 9.67 Å². The van der Waals surface area contributed by atoms with Crippen molar-refractivity contribution in [3.05, 3.63) is 45.8 Å². The monoisotopic (exact) mass is 391 g/mol. The van der Waals surface area contributed by atoms with E-state index < -0.39 is 0 Å². The van der Waals surface area contributed by atoms with E-state index in [0.29, 0.717) is 26.9 Å². The summed E-state index contributed by atoms with van der Waals surface area (Å²) < 4.78 is 1.55. The molecule has 0 unspecified atom stereocenters. The molecule has 2 aromatic heterocycles. The molecule has 3 aromatic rings. The van der Waals surface area contributed by atoms with Crippen molar-refractivity contribution in [2.24, 2.45) is 0 Å². The molecule has 1 amide bonds. The van der Waals surface area contributed by atoms with E-state index in [4.69, 9.17) is 11.6 Å². The number of halogens is 1. The van der Waals surface area contributed by atoms with Gasteiger partial charge in [-0.3, -0.25) is 9.59 Å². The molecule has 136 valence electrons. The highest BCUT2D eigenvalue weighted by atomic mass is 35.5. The zero-order valence-corrected chi connectivity index (χ0v) is 16.1. The number of benzene rings is 1. The molecular weight excluding hydrogens is 374 g/mol. The quantitative estimate of drug-likeness (QED) is 0.527. The van der Waals surface area contributed by atoms with Gasteiger partial charge in [0.1, 0.15) is 5.39 Å². The fourth-order valence-corrected chi connectivity index (χ4v) is 3.19. The zero-order chi connectivity index (χ0) is 18.9. The van der Waals surface area contributed by atoms with Crippen LogP contribution in [-0.2, 0) is 4.79 Å².